The molecule has 154 valence electrons. The summed E-state index contributed by atoms with van der Waals surface area (Å²) in [5.74, 6) is 0.0324. The Balaban J connectivity index is 1.78. The lowest BCUT2D eigenvalue weighted by Gasteiger charge is -2.14. The van der Waals surface area contributed by atoms with E-state index in [4.69, 9.17) is 11.6 Å². The standard InChI is InChI=1S/C21H19BrClF3N2O/c22-18-3-1-2-14(20(18)23)5-6-15-10-13(4-8-17(15)21(24,25)26)11-27-12-16-7-9-19(29)28-16/h1-6,8,10,16,27H,7,9,11-12H2,(H,28,29). The fraction of sp³-hybridized carbons (Fsp3) is 0.286. The Morgan fingerprint density at radius 1 is 1.21 bits per heavy atom. The van der Waals surface area contributed by atoms with Crippen LogP contribution in [0.3, 0.4) is 0 Å². The molecule has 3 rings (SSSR count). The van der Waals surface area contributed by atoms with Crippen LogP contribution in [0.2, 0.25) is 5.02 Å². The molecule has 1 atom stereocenters. The molecule has 2 aromatic rings. The van der Waals surface area contributed by atoms with Gasteiger partial charge in [-0.05, 0) is 57.2 Å². The van der Waals surface area contributed by atoms with Gasteiger partial charge in [0.25, 0.3) is 0 Å². The Labute approximate surface area is 180 Å². The zero-order valence-corrected chi connectivity index (χ0v) is 17.7. The molecule has 8 heteroatoms. The Morgan fingerprint density at radius 2 is 1.97 bits per heavy atom. The van der Waals surface area contributed by atoms with Gasteiger partial charge in [0, 0.05) is 30.0 Å². The molecule has 1 aliphatic heterocycles. The van der Waals surface area contributed by atoms with Gasteiger partial charge in [-0.15, -0.1) is 0 Å². The van der Waals surface area contributed by atoms with Crippen LogP contribution in [0.1, 0.15) is 35.1 Å². The molecule has 0 aliphatic carbocycles. The van der Waals surface area contributed by atoms with Crippen LogP contribution in [-0.4, -0.2) is 18.5 Å². The molecular formula is C21H19BrClF3N2O. The molecule has 0 aromatic heterocycles. The van der Waals surface area contributed by atoms with Gasteiger partial charge in [-0.2, -0.15) is 13.2 Å². The van der Waals surface area contributed by atoms with Crippen molar-refractivity contribution in [3.05, 3.63) is 68.1 Å². The number of benzene rings is 2. The predicted octanol–water partition coefficient (Wildman–Crippen LogP) is 5.66. The molecule has 1 amide bonds. The second-order valence-corrected chi connectivity index (χ2v) is 8.06. The number of amides is 1. The molecule has 2 N–H and O–H groups in total. The number of alkyl halides is 3. The Bertz CT molecular complexity index is 931. The van der Waals surface area contributed by atoms with Crippen molar-refractivity contribution in [2.24, 2.45) is 0 Å². The molecule has 0 radical (unpaired) electrons. The minimum atomic E-state index is -4.46. The van der Waals surface area contributed by atoms with Gasteiger partial charge in [0.05, 0.1) is 10.6 Å². The average Bonchev–Trinajstić information content (AvgIpc) is 3.07. The predicted molar refractivity (Wildman–Crippen MR) is 112 cm³/mol. The van der Waals surface area contributed by atoms with Crippen molar-refractivity contribution in [2.45, 2.75) is 31.6 Å². The highest BCUT2D eigenvalue weighted by atomic mass is 79.9. The second kappa shape index (κ2) is 9.32. The van der Waals surface area contributed by atoms with E-state index in [2.05, 4.69) is 26.6 Å². The highest BCUT2D eigenvalue weighted by molar-refractivity contribution is 9.10. The van der Waals surface area contributed by atoms with Crippen molar-refractivity contribution < 1.29 is 18.0 Å². The summed E-state index contributed by atoms with van der Waals surface area (Å²) in [5, 5.41) is 6.48. The lowest BCUT2D eigenvalue weighted by Crippen LogP contribution is -2.35. The first-order chi connectivity index (χ1) is 13.7. The van der Waals surface area contributed by atoms with Gasteiger partial charge in [-0.3, -0.25) is 4.79 Å². The van der Waals surface area contributed by atoms with Crippen LogP contribution in [0.5, 0.6) is 0 Å². The van der Waals surface area contributed by atoms with Crippen molar-refractivity contribution in [2.75, 3.05) is 6.54 Å². The van der Waals surface area contributed by atoms with Crippen LogP contribution in [0.25, 0.3) is 12.2 Å². The second-order valence-electron chi connectivity index (χ2n) is 6.83. The summed E-state index contributed by atoms with van der Waals surface area (Å²) in [5.41, 5.74) is 0.714. The van der Waals surface area contributed by atoms with Crippen LogP contribution >= 0.6 is 27.5 Å². The first-order valence-corrected chi connectivity index (χ1v) is 10.2. The quantitative estimate of drug-likeness (QED) is 0.516. The van der Waals surface area contributed by atoms with E-state index in [1.807, 2.05) is 0 Å². The van der Waals surface area contributed by atoms with Gasteiger partial charge in [-0.1, -0.05) is 42.0 Å². The topological polar surface area (TPSA) is 41.1 Å². The monoisotopic (exact) mass is 486 g/mol. The molecule has 0 saturated carbocycles. The van der Waals surface area contributed by atoms with E-state index in [1.165, 1.54) is 18.2 Å². The molecule has 3 nitrogen and oxygen atoms in total. The van der Waals surface area contributed by atoms with Crippen molar-refractivity contribution in [1.82, 2.24) is 10.6 Å². The van der Waals surface area contributed by atoms with Gasteiger partial charge in [0.15, 0.2) is 0 Å². The molecule has 1 aliphatic rings. The number of nitrogens with one attached hydrogen (secondary N) is 2. The maximum atomic E-state index is 13.4. The van der Waals surface area contributed by atoms with Crippen molar-refractivity contribution >= 4 is 45.6 Å². The van der Waals surface area contributed by atoms with E-state index in [0.717, 1.165) is 18.1 Å². The smallest absolute Gasteiger partial charge is 0.352 e. The third-order valence-corrected chi connectivity index (χ3v) is 5.96. The number of hydrogen-bond acceptors (Lipinski definition) is 2. The van der Waals surface area contributed by atoms with E-state index >= 15 is 0 Å². The summed E-state index contributed by atoms with van der Waals surface area (Å²) in [6.45, 7) is 0.981. The zero-order chi connectivity index (χ0) is 21.0. The SMILES string of the molecule is O=C1CCC(CNCc2ccc(C(F)(F)F)c(C=Cc3cccc(Br)c3Cl)c2)N1. The lowest BCUT2D eigenvalue weighted by atomic mass is 10.0. The summed E-state index contributed by atoms with van der Waals surface area (Å²) in [6.07, 6.45) is -0.180. The first-order valence-electron chi connectivity index (χ1n) is 9.06. The minimum Gasteiger partial charge on any atom is -0.352 e. The summed E-state index contributed by atoms with van der Waals surface area (Å²) in [6, 6.07) is 9.41. The zero-order valence-electron chi connectivity index (χ0n) is 15.3. The van der Waals surface area contributed by atoms with Crippen LogP contribution < -0.4 is 10.6 Å². The normalized spacial score (nSPS) is 17.1. The number of hydrogen-bond donors (Lipinski definition) is 2. The molecule has 1 unspecified atom stereocenters. The number of carbonyl (C=O) groups is 1. The van der Waals surface area contributed by atoms with E-state index in [-0.39, 0.29) is 17.5 Å². The van der Waals surface area contributed by atoms with Crippen molar-refractivity contribution in [3.63, 3.8) is 0 Å². The summed E-state index contributed by atoms with van der Waals surface area (Å²) < 4.78 is 40.9. The van der Waals surface area contributed by atoms with Crippen molar-refractivity contribution in [1.29, 1.82) is 0 Å². The van der Waals surface area contributed by atoms with Gasteiger partial charge < -0.3 is 10.6 Å². The van der Waals surface area contributed by atoms with Gasteiger partial charge in [0.1, 0.15) is 0 Å². The third kappa shape index (κ3) is 5.84. The maximum Gasteiger partial charge on any atom is 0.416 e. The summed E-state index contributed by atoms with van der Waals surface area (Å²) in [4.78, 5) is 11.2. The number of carbonyl (C=O) groups excluding carboxylic acids is 1. The van der Waals surface area contributed by atoms with E-state index in [1.54, 1.807) is 24.3 Å². The summed E-state index contributed by atoms with van der Waals surface area (Å²) >= 11 is 9.51. The van der Waals surface area contributed by atoms with Gasteiger partial charge in [-0.25, -0.2) is 0 Å². The molecule has 1 fully saturated rings. The largest absolute Gasteiger partial charge is 0.416 e. The first kappa shape index (κ1) is 21.9. The minimum absolute atomic E-state index is 0.0324. The molecule has 1 heterocycles. The highest BCUT2D eigenvalue weighted by Gasteiger charge is 2.32. The van der Waals surface area contributed by atoms with E-state index in [9.17, 15) is 18.0 Å². The van der Waals surface area contributed by atoms with Crippen LogP contribution in [0, 0.1) is 0 Å². The lowest BCUT2D eigenvalue weighted by molar-refractivity contribution is -0.137. The third-order valence-electron chi connectivity index (χ3n) is 4.65. The molecule has 1 saturated heterocycles. The molecule has 0 spiro atoms. The Morgan fingerprint density at radius 3 is 2.66 bits per heavy atom. The van der Waals surface area contributed by atoms with E-state index in [0.29, 0.717) is 34.6 Å². The molecule has 0 bridgehead atoms. The van der Waals surface area contributed by atoms with Gasteiger partial charge >= 0.3 is 6.18 Å². The van der Waals surface area contributed by atoms with Crippen molar-refractivity contribution in [3.8, 4) is 0 Å². The number of rotatable bonds is 6. The summed E-state index contributed by atoms with van der Waals surface area (Å²) in [7, 11) is 0. The molecular weight excluding hydrogens is 469 g/mol. The van der Waals surface area contributed by atoms with Crippen LogP contribution in [0.4, 0.5) is 13.2 Å². The molecule has 2 aromatic carbocycles. The van der Waals surface area contributed by atoms with Crippen LogP contribution in [-0.2, 0) is 17.5 Å². The van der Waals surface area contributed by atoms with Crippen LogP contribution in [0.15, 0.2) is 40.9 Å². The average molecular weight is 488 g/mol. The fourth-order valence-electron chi connectivity index (χ4n) is 3.17. The highest BCUT2D eigenvalue weighted by Crippen LogP contribution is 2.34. The fourth-order valence-corrected chi connectivity index (χ4v) is 3.74. The van der Waals surface area contributed by atoms with Gasteiger partial charge in [0.2, 0.25) is 5.91 Å². The number of halogens is 5. The Kier molecular flexibility index (Phi) is 7.03. The maximum absolute atomic E-state index is 13.4. The molecule has 29 heavy (non-hydrogen) atoms. The van der Waals surface area contributed by atoms with E-state index < -0.39 is 11.7 Å². The Hall–Kier alpha value is -1.83.